The van der Waals surface area contributed by atoms with Gasteiger partial charge in [0.25, 0.3) is 10.0 Å². The molecule has 0 saturated heterocycles. The van der Waals surface area contributed by atoms with E-state index in [-0.39, 0.29) is 16.7 Å². The molecular formula is C14H18N4O3S. The summed E-state index contributed by atoms with van der Waals surface area (Å²) in [6, 6.07) is 5.94. The van der Waals surface area contributed by atoms with E-state index >= 15 is 0 Å². The van der Waals surface area contributed by atoms with Gasteiger partial charge in [0.1, 0.15) is 6.33 Å². The molecule has 0 aliphatic rings. The molecule has 0 aliphatic carbocycles. The first-order valence-corrected chi connectivity index (χ1v) is 8.35. The maximum Gasteiger partial charge on any atom is 0.284 e. The Labute approximate surface area is 129 Å². The molecule has 118 valence electrons. The van der Waals surface area contributed by atoms with Crippen LogP contribution in [0.5, 0.6) is 0 Å². The Morgan fingerprint density at radius 2 is 1.91 bits per heavy atom. The van der Waals surface area contributed by atoms with Crippen molar-refractivity contribution in [3.05, 3.63) is 36.4 Å². The van der Waals surface area contributed by atoms with Gasteiger partial charge in [0, 0.05) is 18.0 Å². The highest BCUT2D eigenvalue weighted by Gasteiger charge is 2.19. The second-order valence-electron chi connectivity index (χ2n) is 5.06. The van der Waals surface area contributed by atoms with E-state index in [0.29, 0.717) is 17.9 Å². The predicted molar refractivity (Wildman–Crippen MR) is 82.1 cm³/mol. The van der Waals surface area contributed by atoms with Gasteiger partial charge in [0.2, 0.25) is 5.91 Å². The second-order valence-corrected chi connectivity index (χ2v) is 6.86. The van der Waals surface area contributed by atoms with Crippen molar-refractivity contribution in [2.45, 2.75) is 38.0 Å². The monoisotopic (exact) mass is 322 g/mol. The van der Waals surface area contributed by atoms with Crippen molar-refractivity contribution in [1.29, 1.82) is 0 Å². The van der Waals surface area contributed by atoms with Gasteiger partial charge in [-0.1, -0.05) is 20.8 Å². The highest BCUT2D eigenvalue weighted by atomic mass is 32.2. The van der Waals surface area contributed by atoms with E-state index in [1.807, 2.05) is 13.8 Å². The zero-order valence-electron chi connectivity index (χ0n) is 12.6. The van der Waals surface area contributed by atoms with E-state index in [9.17, 15) is 13.2 Å². The van der Waals surface area contributed by atoms with Crippen LogP contribution < -0.4 is 5.32 Å². The summed E-state index contributed by atoms with van der Waals surface area (Å²) in [4.78, 5) is 15.4. The molecule has 1 heterocycles. The molecule has 0 saturated carbocycles. The molecule has 2 aromatic rings. The summed E-state index contributed by atoms with van der Waals surface area (Å²) in [6.45, 7) is 5.51. The number of aromatic nitrogens is 3. The Hall–Kier alpha value is -2.22. The van der Waals surface area contributed by atoms with Gasteiger partial charge in [-0.05, 0) is 24.3 Å². The molecule has 7 nitrogen and oxygen atoms in total. The highest BCUT2D eigenvalue weighted by Crippen LogP contribution is 2.17. The fraction of sp³-hybridized carbons (Fsp3) is 0.357. The first kappa shape index (κ1) is 16.2. The number of carbonyl (C=O) groups is 1. The molecule has 0 radical (unpaired) electrons. The summed E-state index contributed by atoms with van der Waals surface area (Å²) in [7, 11) is -3.77. The summed E-state index contributed by atoms with van der Waals surface area (Å²) in [5, 5.41) is 6.65. The van der Waals surface area contributed by atoms with Gasteiger partial charge in [-0.25, -0.2) is 4.98 Å². The first-order valence-electron chi connectivity index (χ1n) is 6.91. The van der Waals surface area contributed by atoms with Gasteiger partial charge in [0.15, 0.2) is 5.82 Å². The third-order valence-corrected chi connectivity index (χ3v) is 4.55. The van der Waals surface area contributed by atoms with Crippen LogP contribution in [0.3, 0.4) is 0 Å². The lowest BCUT2D eigenvalue weighted by atomic mass is 10.2. The molecule has 0 aliphatic heterocycles. The van der Waals surface area contributed by atoms with E-state index in [1.165, 1.54) is 18.5 Å². The fourth-order valence-corrected chi connectivity index (χ4v) is 2.77. The lowest BCUT2D eigenvalue weighted by Crippen LogP contribution is -2.14. The molecule has 1 amide bonds. The molecule has 0 unspecified atom stereocenters. The molecule has 1 aromatic carbocycles. The molecule has 0 atom stereocenters. The van der Waals surface area contributed by atoms with Gasteiger partial charge >= 0.3 is 0 Å². The summed E-state index contributed by atoms with van der Waals surface area (Å²) < 4.78 is 25.7. The van der Waals surface area contributed by atoms with Crippen molar-refractivity contribution >= 4 is 21.6 Å². The minimum absolute atomic E-state index is 0.0445. The average molecular weight is 322 g/mol. The number of nitrogens with one attached hydrogen (secondary N) is 1. The molecule has 1 N–H and O–H groups in total. The van der Waals surface area contributed by atoms with E-state index in [2.05, 4.69) is 15.4 Å². The van der Waals surface area contributed by atoms with Crippen molar-refractivity contribution in [3.63, 3.8) is 0 Å². The van der Waals surface area contributed by atoms with Gasteiger partial charge < -0.3 is 5.32 Å². The highest BCUT2D eigenvalue weighted by molar-refractivity contribution is 7.89. The average Bonchev–Trinajstić information content (AvgIpc) is 2.98. The summed E-state index contributed by atoms with van der Waals surface area (Å²) in [5.74, 6) is 0.381. The lowest BCUT2D eigenvalue weighted by Gasteiger charge is -2.06. The van der Waals surface area contributed by atoms with Crippen molar-refractivity contribution in [1.82, 2.24) is 14.2 Å². The van der Waals surface area contributed by atoms with Gasteiger partial charge in [-0.15, -0.1) is 9.19 Å². The predicted octanol–water partition coefficient (Wildman–Crippen LogP) is 1.99. The Kier molecular flexibility index (Phi) is 4.60. The van der Waals surface area contributed by atoms with Gasteiger partial charge in [-0.2, -0.15) is 8.42 Å². The molecule has 8 heteroatoms. The zero-order chi connectivity index (χ0) is 16.3. The Bertz CT molecular complexity index is 764. The normalized spacial score (nSPS) is 11.6. The van der Waals surface area contributed by atoms with Crippen molar-refractivity contribution < 1.29 is 13.2 Å². The number of amides is 1. The van der Waals surface area contributed by atoms with Crippen molar-refractivity contribution in [3.8, 4) is 0 Å². The number of hydrogen-bond donors (Lipinski definition) is 1. The maximum absolute atomic E-state index is 12.4. The molecule has 2 rings (SSSR count). The number of hydrogen-bond acceptors (Lipinski definition) is 5. The van der Waals surface area contributed by atoms with E-state index < -0.39 is 10.0 Å². The van der Waals surface area contributed by atoms with E-state index in [0.717, 1.165) is 4.09 Å². The quantitative estimate of drug-likeness (QED) is 0.908. The SMILES string of the molecule is CCC(=O)Nc1ccc(S(=O)(=O)n2cnc(C(C)C)n2)cc1. The van der Waals surface area contributed by atoms with Crippen LogP contribution >= 0.6 is 0 Å². The first-order chi connectivity index (χ1) is 10.3. The Morgan fingerprint density at radius 1 is 1.27 bits per heavy atom. The Morgan fingerprint density at radius 3 is 2.41 bits per heavy atom. The van der Waals surface area contributed by atoms with Gasteiger partial charge in [-0.3, -0.25) is 4.79 Å². The van der Waals surface area contributed by atoms with Crippen LogP contribution in [0, 0.1) is 0 Å². The van der Waals surface area contributed by atoms with Crippen molar-refractivity contribution in [2.24, 2.45) is 0 Å². The molecule has 0 fully saturated rings. The number of anilines is 1. The zero-order valence-corrected chi connectivity index (χ0v) is 13.5. The van der Waals surface area contributed by atoms with Crippen LogP contribution in [-0.2, 0) is 14.8 Å². The molecule has 22 heavy (non-hydrogen) atoms. The second kappa shape index (κ2) is 6.27. The topological polar surface area (TPSA) is 94.0 Å². The van der Waals surface area contributed by atoms with E-state index in [4.69, 9.17) is 0 Å². The van der Waals surface area contributed by atoms with Crippen LogP contribution in [-0.4, -0.2) is 28.5 Å². The number of carbonyl (C=O) groups excluding carboxylic acids is 1. The molecule has 0 bridgehead atoms. The summed E-state index contributed by atoms with van der Waals surface area (Å²) >= 11 is 0. The minimum Gasteiger partial charge on any atom is -0.326 e. The van der Waals surface area contributed by atoms with Crippen LogP contribution in [0.25, 0.3) is 0 Å². The summed E-state index contributed by atoms with van der Waals surface area (Å²) in [6.07, 6.45) is 1.55. The maximum atomic E-state index is 12.4. The number of nitrogens with zero attached hydrogens (tertiary/aromatic N) is 3. The van der Waals surface area contributed by atoms with Crippen LogP contribution in [0.2, 0.25) is 0 Å². The molecule has 1 aromatic heterocycles. The largest absolute Gasteiger partial charge is 0.326 e. The van der Waals surface area contributed by atoms with Crippen molar-refractivity contribution in [2.75, 3.05) is 5.32 Å². The fourth-order valence-electron chi connectivity index (χ4n) is 1.71. The Balaban J connectivity index is 2.27. The molecule has 0 spiro atoms. The number of benzene rings is 1. The van der Waals surface area contributed by atoms with Crippen LogP contribution in [0.15, 0.2) is 35.5 Å². The number of rotatable bonds is 5. The third kappa shape index (κ3) is 3.33. The van der Waals surface area contributed by atoms with Crippen LogP contribution in [0.4, 0.5) is 5.69 Å². The van der Waals surface area contributed by atoms with Gasteiger partial charge in [0.05, 0.1) is 4.90 Å². The smallest absolute Gasteiger partial charge is 0.284 e. The standard InChI is InChI=1S/C14H18N4O3S/c1-4-13(19)16-11-5-7-12(8-6-11)22(20,21)18-9-15-14(17-18)10(2)3/h5-10H,4H2,1-3H3,(H,16,19). The minimum atomic E-state index is -3.77. The molecular weight excluding hydrogens is 304 g/mol. The lowest BCUT2D eigenvalue weighted by molar-refractivity contribution is -0.115. The van der Waals surface area contributed by atoms with Crippen LogP contribution in [0.1, 0.15) is 38.9 Å². The van der Waals surface area contributed by atoms with E-state index in [1.54, 1.807) is 19.1 Å². The third-order valence-electron chi connectivity index (χ3n) is 3.01. The summed E-state index contributed by atoms with van der Waals surface area (Å²) in [5.41, 5.74) is 0.548.